The van der Waals surface area contributed by atoms with Gasteiger partial charge in [0.1, 0.15) is 23.9 Å². The number of furan rings is 1. The smallest absolute Gasteiger partial charge is 0.254 e. The molecule has 1 heterocycles. The molecule has 2 aromatic rings. The first-order chi connectivity index (χ1) is 9.16. The predicted octanol–water partition coefficient (Wildman–Crippen LogP) is 2.54. The standard InChI is InChI=1S/C14H14FNO3/c1-10-13(5-7-18-10)14(17)16-6-8-19-12-4-2-3-11(15)9-12/h2-5,7,9H,6,8H2,1H3,(H,16,17). The number of ether oxygens (including phenoxy) is 1. The Morgan fingerprint density at radius 3 is 2.95 bits per heavy atom. The number of hydrogen-bond acceptors (Lipinski definition) is 3. The molecule has 0 aliphatic rings. The Hall–Kier alpha value is -2.30. The van der Waals surface area contributed by atoms with Crippen LogP contribution >= 0.6 is 0 Å². The van der Waals surface area contributed by atoms with Crippen molar-refractivity contribution in [2.75, 3.05) is 13.2 Å². The number of benzene rings is 1. The normalized spacial score (nSPS) is 10.2. The third kappa shape index (κ3) is 3.58. The maximum atomic E-state index is 12.9. The summed E-state index contributed by atoms with van der Waals surface area (Å²) in [5.74, 6) is 0.446. The van der Waals surface area contributed by atoms with Crippen LogP contribution in [0.25, 0.3) is 0 Å². The van der Waals surface area contributed by atoms with E-state index in [-0.39, 0.29) is 18.3 Å². The van der Waals surface area contributed by atoms with Crippen LogP contribution in [0, 0.1) is 12.7 Å². The van der Waals surface area contributed by atoms with E-state index < -0.39 is 0 Å². The number of amides is 1. The fourth-order valence-corrected chi connectivity index (χ4v) is 1.61. The highest BCUT2D eigenvalue weighted by Crippen LogP contribution is 2.11. The van der Waals surface area contributed by atoms with Crippen molar-refractivity contribution >= 4 is 5.91 Å². The van der Waals surface area contributed by atoms with E-state index in [4.69, 9.17) is 9.15 Å². The maximum absolute atomic E-state index is 12.9. The second-order valence-corrected chi connectivity index (χ2v) is 3.95. The zero-order chi connectivity index (χ0) is 13.7. The Balaban J connectivity index is 1.75. The molecule has 0 bridgehead atoms. The molecule has 0 fully saturated rings. The number of carbonyl (C=O) groups excluding carboxylic acids is 1. The molecule has 2 rings (SSSR count). The molecule has 0 saturated heterocycles. The van der Waals surface area contributed by atoms with Crippen LogP contribution in [0.5, 0.6) is 5.75 Å². The van der Waals surface area contributed by atoms with Gasteiger partial charge in [0.2, 0.25) is 0 Å². The van der Waals surface area contributed by atoms with Crippen molar-refractivity contribution in [2.45, 2.75) is 6.92 Å². The largest absolute Gasteiger partial charge is 0.492 e. The van der Waals surface area contributed by atoms with Crippen LogP contribution in [-0.2, 0) is 0 Å². The van der Waals surface area contributed by atoms with Crippen molar-refractivity contribution in [1.82, 2.24) is 5.32 Å². The van der Waals surface area contributed by atoms with Gasteiger partial charge in [-0.25, -0.2) is 4.39 Å². The van der Waals surface area contributed by atoms with E-state index in [0.717, 1.165) is 0 Å². The minimum atomic E-state index is -0.351. The minimum absolute atomic E-state index is 0.214. The Labute approximate surface area is 110 Å². The summed E-state index contributed by atoms with van der Waals surface area (Å²) in [7, 11) is 0. The molecule has 5 heteroatoms. The Kier molecular flexibility index (Phi) is 4.18. The highest BCUT2D eigenvalue weighted by Gasteiger charge is 2.10. The summed E-state index contributed by atoms with van der Waals surface area (Å²) in [5, 5.41) is 2.69. The van der Waals surface area contributed by atoms with E-state index in [1.807, 2.05) is 0 Å². The van der Waals surface area contributed by atoms with Crippen molar-refractivity contribution < 1.29 is 18.3 Å². The Morgan fingerprint density at radius 1 is 1.42 bits per heavy atom. The highest BCUT2D eigenvalue weighted by atomic mass is 19.1. The summed E-state index contributed by atoms with van der Waals surface area (Å²) in [4.78, 5) is 11.7. The Bertz CT molecular complexity index is 565. The van der Waals surface area contributed by atoms with Crippen molar-refractivity contribution in [3.8, 4) is 5.75 Å². The van der Waals surface area contributed by atoms with E-state index in [9.17, 15) is 9.18 Å². The monoisotopic (exact) mass is 263 g/mol. The van der Waals surface area contributed by atoms with Gasteiger partial charge < -0.3 is 14.5 Å². The Morgan fingerprint density at radius 2 is 2.26 bits per heavy atom. The average Bonchev–Trinajstić information content (AvgIpc) is 2.81. The maximum Gasteiger partial charge on any atom is 0.254 e. The fourth-order valence-electron chi connectivity index (χ4n) is 1.61. The summed E-state index contributed by atoms with van der Waals surface area (Å²) in [6.07, 6.45) is 1.47. The van der Waals surface area contributed by atoms with Gasteiger partial charge >= 0.3 is 0 Å². The molecular formula is C14H14FNO3. The summed E-state index contributed by atoms with van der Waals surface area (Å²) < 4.78 is 23.2. The first-order valence-corrected chi connectivity index (χ1v) is 5.87. The first kappa shape index (κ1) is 13.1. The molecule has 0 aliphatic carbocycles. The van der Waals surface area contributed by atoms with Crippen molar-refractivity contribution in [1.29, 1.82) is 0 Å². The first-order valence-electron chi connectivity index (χ1n) is 5.87. The number of carbonyl (C=O) groups is 1. The molecule has 1 amide bonds. The number of halogens is 1. The van der Waals surface area contributed by atoms with E-state index in [0.29, 0.717) is 23.6 Å². The van der Waals surface area contributed by atoms with Crippen LogP contribution in [0.4, 0.5) is 4.39 Å². The molecule has 0 unspecified atom stereocenters. The molecule has 0 radical (unpaired) electrons. The van der Waals surface area contributed by atoms with E-state index in [2.05, 4.69) is 5.32 Å². The van der Waals surface area contributed by atoms with E-state index >= 15 is 0 Å². The minimum Gasteiger partial charge on any atom is -0.492 e. The van der Waals surface area contributed by atoms with E-state index in [1.54, 1.807) is 25.1 Å². The van der Waals surface area contributed by atoms with Gasteiger partial charge in [0, 0.05) is 6.07 Å². The highest BCUT2D eigenvalue weighted by molar-refractivity contribution is 5.94. The zero-order valence-electron chi connectivity index (χ0n) is 10.5. The van der Waals surface area contributed by atoms with Crippen LogP contribution in [0.15, 0.2) is 41.0 Å². The van der Waals surface area contributed by atoms with Gasteiger partial charge in [-0.3, -0.25) is 4.79 Å². The summed E-state index contributed by atoms with van der Waals surface area (Å²) in [6.45, 7) is 2.32. The van der Waals surface area contributed by atoms with Crippen molar-refractivity contribution in [3.05, 3.63) is 53.7 Å². The molecule has 0 atom stereocenters. The van der Waals surface area contributed by atoms with E-state index in [1.165, 1.54) is 18.4 Å². The molecule has 100 valence electrons. The third-order valence-electron chi connectivity index (χ3n) is 2.56. The van der Waals surface area contributed by atoms with Gasteiger partial charge in [-0.15, -0.1) is 0 Å². The predicted molar refractivity (Wildman–Crippen MR) is 67.7 cm³/mol. The van der Waals surface area contributed by atoms with Crippen LogP contribution in [0.1, 0.15) is 16.1 Å². The van der Waals surface area contributed by atoms with Gasteiger partial charge in [-0.2, -0.15) is 0 Å². The molecule has 1 N–H and O–H groups in total. The van der Waals surface area contributed by atoms with Crippen molar-refractivity contribution in [2.24, 2.45) is 0 Å². The second-order valence-electron chi connectivity index (χ2n) is 3.95. The van der Waals surface area contributed by atoms with Gasteiger partial charge in [0.25, 0.3) is 5.91 Å². The number of aryl methyl sites for hydroxylation is 1. The molecule has 0 saturated carbocycles. The van der Waals surface area contributed by atoms with Crippen LogP contribution in [0.2, 0.25) is 0 Å². The zero-order valence-corrected chi connectivity index (χ0v) is 10.5. The molecular weight excluding hydrogens is 249 g/mol. The lowest BCUT2D eigenvalue weighted by Crippen LogP contribution is -2.28. The molecule has 0 aliphatic heterocycles. The lowest BCUT2D eigenvalue weighted by molar-refractivity contribution is 0.0945. The quantitative estimate of drug-likeness (QED) is 0.843. The summed E-state index contributed by atoms with van der Waals surface area (Å²) >= 11 is 0. The van der Waals surface area contributed by atoms with Crippen LogP contribution in [-0.4, -0.2) is 19.1 Å². The lowest BCUT2D eigenvalue weighted by atomic mass is 10.2. The SMILES string of the molecule is Cc1occc1C(=O)NCCOc1cccc(F)c1. The van der Waals surface area contributed by atoms with Crippen LogP contribution < -0.4 is 10.1 Å². The van der Waals surface area contributed by atoms with Crippen molar-refractivity contribution in [3.63, 3.8) is 0 Å². The number of hydrogen-bond donors (Lipinski definition) is 1. The summed E-state index contributed by atoms with van der Waals surface area (Å²) in [5.41, 5.74) is 0.505. The lowest BCUT2D eigenvalue weighted by Gasteiger charge is -2.07. The second kappa shape index (κ2) is 6.04. The fraction of sp³-hybridized carbons (Fsp3) is 0.214. The number of nitrogens with one attached hydrogen (secondary N) is 1. The molecule has 0 spiro atoms. The third-order valence-corrected chi connectivity index (χ3v) is 2.56. The average molecular weight is 263 g/mol. The molecule has 1 aromatic carbocycles. The van der Waals surface area contributed by atoms with Gasteiger partial charge in [0.15, 0.2) is 0 Å². The van der Waals surface area contributed by atoms with Gasteiger partial charge in [0.05, 0.1) is 18.4 Å². The molecule has 19 heavy (non-hydrogen) atoms. The summed E-state index contributed by atoms with van der Waals surface area (Å²) in [6, 6.07) is 7.47. The topological polar surface area (TPSA) is 51.5 Å². The van der Waals surface area contributed by atoms with Gasteiger partial charge in [-0.05, 0) is 25.1 Å². The molecule has 4 nitrogen and oxygen atoms in total. The van der Waals surface area contributed by atoms with Gasteiger partial charge in [-0.1, -0.05) is 6.07 Å². The van der Waals surface area contributed by atoms with Crippen LogP contribution in [0.3, 0.4) is 0 Å². The number of rotatable bonds is 5. The molecule has 1 aromatic heterocycles.